The number of benzene rings is 1. The van der Waals surface area contributed by atoms with Gasteiger partial charge in [-0.3, -0.25) is 4.90 Å². The van der Waals surface area contributed by atoms with Crippen molar-refractivity contribution in [3.8, 4) is 5.75 Å². The number of carboxylic acid groups (broad SMARTS) is 1. The molecule has 0 aliphatic carbocycles. The summed E-state index contributed by atoms with van der Waals surface area (Å²) in [5.41, 5.74) is -0.435. The van der Waals surface area contributed by atoms with Gasteiger partial charge in [0.15, 0.2) is 0 Å². The normalized spacial score (nSPS) is 19.8. The van der Waals surface area contributed by atoms with Gasteiger partial charge in [0, 0.05) is 13.1 Å². The van der Waals surface area contributed by atoms with E-state index in [1.165, 1.54) is 12.1 Å². The van der Waals surface area contributed by atoms with Crippen LogP contribution < -0.4 is 4.74 Å². The highest BCUT2D eigenvalue weighted by molar-refractivity contribution is 5.91. The number of morpholine rings is 1. The van der Waals surface area contributed by atoms with Crippen LogP contribution in [0.3, 0.4) is 0 Å². The largest absolute Gasteiger partial charge is 0.490 e. The van der Waals surface area contributed by atoms with Crippen molar-refractivity contribution in [1.82, 2.24) is 4.90 Å². The maximum Gasteiger partial charge on any atom is 0.342 e. The smallest absolute Gasteiger partial charge is 0.342 e. The first-order valence-corrected chi connectivity index (χ1v) is 6.60. The number of hydrogen-bond acceptors (Lipinski definition) is 4. The highest BCUT2D eigenvalue weighted by Gasteiger charge is 2.22. The monoisotopic (exact) mass is 283 g/mol. The van der Waals surface area contributed by atoms with Crippen LogP contribution >= 0.6 is 0 Å². The summed E-state index contributed by atoms with van der Waals surface area (Å²) in [6, 6.07) is 3.98. The number of rotatable bonds is 5. The highest BCUT2D eigenvalue weighted by Crippen LogP contribution is 2.22. The molecule has 0 bridgehead atoms. The minimum Gasteiger partial charge on any atom is -0.490 e. The predicted molar refractivity (Wildman–Crippen MR) is 70.7 cm³/mol. The third-order valence-corrected chi connectivity index (χ3v) is 3.28. The van der Waals surface area contributed by atoms with Crippen LogP contribution in [0.5, 0.6) is 5.75 Å². The predicted octanol–water partition coefficient (Wildman–Crippen LogP) is 1.62. The van der Waals surface area contributed by atoms with E-state index >= 15 is 0 Å². The first kappa shape index (κ1) is 14.7. The summed E-state index contributed by atoms with van der Waals surface area (Å²) in [6.45, 7) is 5.44. The van der Waals surface area contributed by atoms with E-state index in [0.29, 0.717) is 6.61 Å². The van der Waals surface area contributed by atoms with Crippen LogP contribution in [0.15, 0.2) is 18.2 Å². The number of halogens is 1. The fourth-order valence-electron chi connectivity index (χ4n) is 2.18. The molecule has 1 aromatic carbocycles. The summed E-state index contributed by atoms with van der Waals surface area (Å²) in [4.78, 5) is 13.3. The number of nitrogens with zero attached hydrogens (tertiary/aromatic N) is 1. The number of ether oxygens (including phenoxy) is 2. The van der Waals surface area contributed by atoms with Crippen molar-refractivity contribution in [2.75, 3.05) is 32.8 Å². The SMILES string of the molecule is CCN1CCOC(COc2cccc(F)c2C(=O)O)C1. The Morgan fingerprint density at radius 2 is 2.40 bits per heavy atom. The number of carboxylic acids is 1. The zero-order valence-corrected chi connectivity index (χ0v) is 11.3. The van der Waals surface area contributed by atoms with Crippen LogP contribution in [-0.4, -0.2) is 54.9 Å². The molecule has 1 unspecified atom stereocenters. The van der Waals surface area contributed by atoms with Gasteiger partial charge >= 0.3 is 5.97 Å². The Balaban J connectivity index is 2.00. The minimum absolute atomic E-state index is 0.0368. The molecule has 1 aromatic rings. The third-order valence-electron chi connectivity index (χ3n) is 3.28. The Hall–Kier alpha value is -1.66. The first-order chi connectivity index (χ1) is 9.61. The van der Waals surface area contributed by atoms with Gasteiger partial charge < -0.3 is 14.6 Å². The van der Waals surface area contributed by atoms with E-state index < -0.39 is 17.3 Å². The van der Waals surface area contributed by atoms with Gasteiger partial charge in [-0.1, -0.05) is 13.0 Å². The molecule has 0 radical (unpaired) electrons. The fraction of sp³-hybridized carbons (Fsp3) is 0.500. The van der Waals surface area contributed by atoms with Crippen molar-refractivity contribution in [2.24, 2.45) is 0 Å². The van der Waals surface area contributed by atoms with Crippen LogP contribution in [0.25, 0.3) is 0 Å². The number of hydrogen-bond donors (Lipinski definition) is 1. The first-order valence-electron chi connectivity index (χ1n) is 6.60. The Labute approximate surface area is 116 Å². The second-order valence-corrected chi connectivity index (χ2v) is 4.62. The van der Waals surface area contributed by atoms with Crippen molar-refractivity contribution in [3.05, 3.63) is 29.6 Å². The van der Waals surface area contributed by atoms with Crippen molar-refractivity contribution in [2.45, 2.75) is 13.0 Å². The Morgan fingerprint density at radius 3 is 3.10 bits per heavy atom. The molecule has 0 amide bonds. The summed E-state index contributed by atoms with van der Waals surface area (Å²) in [5.74, 6) is -2.10. The van der Waals surface area contributed by atoms with Crippen LogP contribution in [0.2, 0.25) is 0 Å². The number of likely N-dealkylation sites (N-methyl/N-ethyl adjacent to an activating group) is 1. The molecule has 0 spiro atoms. The van der Waals surface area contributed by atoms with E-state index in [9.17, 15) is 9.18 Å². The second-order valence-electron chi connectivity index (χ2n) is 4.62. The minimum atomic E-state index is -1.34. The lowest BCUT2D eigenvalue weighted by Gasteiger charge is -2.31. The average Bonchev–Trinajstić information content (AvgIpc) is 2.45. The Bertz CT molecular complexity index is 480. The molecule has 5 nitrogen and oxygen atoms in total. The van der Waals surface area contributed by atoms with E-state index in [2.05, 4.69) is 11.8 Å². The van der Waals surface area contributed by atoms with Gasteiger partial charge in [0.2, 0.25) is 0 Å². The Kier molecular flexibility index (Phi) is 4.92. The zero-order valence-electron chi connectivity index (χ0n) is 11.3. The van der Waals surface area contributed by atoms with E-state index in [4.69, 9.17) is 14.6 Å². The molecule has 110 valence electrons. The summed E-state index contributed by atoms with van der Waals surface area (Å²) in [5, 5.41) is 9.00. The molecule has 2 rings (SSSR count). The Morgan fingerprint density at radius 1 is 1.60 bits per heavy atom. The molecule has 0 saturated carbocycles. The fourth-order valence-corrected chi connectivity index (χ4v) is 2.18. The number of aromatic carboxylic acids is 1. The second kappa shape index (κ2) is 6.67. The summed E-state index contributed by atoms with van der Waals surface area (Å²) < 4.78 is 24.5. The van der Waals surface area contributed by atoms with Gasteiger partial charge in [0.25, 0.3) is 0 Å². The molecular weight excluding hydrogens is 265 g/mol. The maximum atomic E-state index is 13.5. The molecule has 1 N–H and O–H groups in total. The summed E-state index contributed by atoms with van der Waals surface area (Å²) in [7, 11) is 0. The zero-order chi connectivity index (χ0) is 14.5. The van der Waals surface area contributed by atoms with Gasteiger partial charge in [-0.15, -0.1) is 0 Å². The third kappa shape index (κ3) is 3.46. The van der Waals surface area contributed by atoms with Gasteiger partial charge in [-0.25, -0.2) is 9.18 Å². The molecule has 1 aliphatic rings. The average molecular weight is 283 g/mol. The van der Waals surface area contributed by atoms with E-state index in [-0.39, 0.29) is 18.5 Å². The van der Waals surface area contributed by atoms with Gasteiger partial charge in [0.05, 0.1) is 6.61 Å². The maximum absolute atomic E-state index is 13.5. The lowest BCUT2D eigenvalue weighted by Crippen LogP contribution is -2.44. The highest BCUT2D eigenvalue weighted by atomic mass is 19.1. The quantitative estimate of drug-likeness (QED) is 0.890. The van der Waals surface area contributed by atoms with E-state index in [0.717, 1.165) is 25.7 Å². The lowest BCUT2D eigenvalue weighted by molar-refractivity contribution is -0.0465. The molecule has 1 aliphatic heterocycles. The van der Waals surface area contributed by atoms with Crippen LogP contribution in [0.1, 0.15) is 17.3 Å². The molecule has 6 heteroatoms. The van der Waals surface area contributed by atoms with Crippen molar-refractivity contribution >= 4 is 5.97 Å². The summed E-state index contributed by atoms with van der Waals surface area (Å²) >= 11 is 0. The molecule has 1 saturated heterocycles. The lowest BCUT2D eigenvalue weighted by atomic mass is 10.2. The van der Waals surface area contributed by atoms with E-state index in [1.54, 1.807) is 0 Å². The standard InChI is InChI=1S/C14H18FNO4/c1-2-16-6-7-19-10(8-16)9-20-12-5-3-4-11(15)13(12)14(17)18/h3-5,10H,2,6-9H2,1H3,(H,17,18). The van der Waals surface area contributed by atoms with Crippen LogP contribution in [0.4, 0.5) is 4.39 Å². The molecule has 1 fully saturated rings. The van der Waals surface area contributed by atoms with Crippen molar-refractivity contribution < 1.29 is 23.8 Å². The number of carbonyl (C=O) groups is 1. The van der Waals surface area contributed by atoms with Gasteiger partial charge in [-0.2, -0.15) is 0 Å². The summed E-state index contributed by atoms with van der Waals surface area (Å²) in [6.07, 6.45) is -0.131. The molecular formula is C14H18FNO4. The van der Waals surface area contributed by atoms with Crippen molar-refractivity contribution in [1.29, 1.82) is 0 Å². The van der Waals surface area contributed by atoms with Crippen LogP contribution in [0, 0.1) is 5.82 Å². The molecule has 1 atom stereocenters. The molecule has 20 heavy (non-hydrogen) atoms. The van der Waals surface area contributed by atoms with Crippen molar-refractivity contribution in [3.63, 3.8) is 0 Å². The topological polar surface area (TPSA) is 59.0 Å². The van der Waals surface area contributed by atoms with Crippen LogP contribution in [-0.2, 0) is 4.74 Å². The molecule has 1 heterocycles. The van der Waals surface area contributed by atoms with Gasteiger partial charge in [0.1, 0.15) is 29.8 Å². The van der Waals surface area contributed by atoms with E-state index in [1.807, 2.05) is 0 Å². The molecule has 0 aromatic heterocycles. The van der Waals surface area contributed by atoms with Gasteiger partial charge in [-0.05, 0) is 18.7 Å².